The molecule has 51 heavy (non-hydrogen) atoms. The fourth-order valence-electron chi connectivity index (χ4n) is 5.04. The number of carbonyl (C=O) groups excluding carboxylic acids is 1. The number of aliphatic hydroxyl groups excluding tert-OH is 1. The van der Waals surface area contributed by atoms with Gasteiger partial charge in [-0.25, -0.2) is 0 Å². The van der Waals surface area contributed by atoms with E-state index in [0.717, 1.165) is 44.9 Å². The molecule has 0 rings (SSSR count). The molecule has 8 nitrogen and oxygen atoms in total. The zero-order chi connectivity index (χ0) is 37.9. The molecular weight excluding hydrogens is 659 g/mol. The molecule has 0 heterocycles. The van der Waals surface area contributed by atoms with Crippen molar-refractivity contribution in [1.29, 1.82) is 0 Å². The van der Waals surface area contributed by atoms with Gasteiger partial charge in [0, 0.05) is 6.42 Å². The first kappa shape index (κ1) is 48.9. The van der Waals surface area contributed by atoms with Gasteiger partial charge in [-0.3, -0.25) is 9.36 Å². The Kier molecular flexibility index (Phi) is 32.4. The summed E-state index contributed by atoms with van der Waals surface area (Å²) in [6.07, 6.45) is 44.0. The van der Waals surface area contributed by atoms with E-state index in [1.54, 1.807) is 12.2 Å². The lowest BCUT2D eigenvalue weighted by atomic mass is 10.0. The summed E-state index contributed by atoms with van der Waals surface area (Å²) in [6, 6.07) is -0.942. The number of phosphoric ester groups is 1. The molecule has 3 unspecified atom stereocenters. The van der Waals surface area contributed by atoms with Crippen LogP contribution in [0.1, 0.15) is 136 Å². The molecule has 0 aromatic carbocycles. The third-order valence-corrected chi connectivity index (χ3v) is 9.17. The number of carbonyl (C=O) groups is 1. The Balaban J connectivity index is 4.69. The zero-order valence-electron chi connectivity index (χ0n) is 33.0. The second-order valence-electron chi connectivity index (χ2n) is 14.3. The number of nitrogens with one attached hydrogen (secondary N) is 1. The minimum absolute atomic E-state index is 0.0210. The Bertz CT molecular complexity index is 1060. The van der Waals surface area contributed by atoms with E-state index >= 15 is 0 Å². The Morgan fingerprint density at radius 3 is 1.67 bits per heavy atom. The van der Waals surface area contributed by atoms with Gasteiger partial charge in [-0.1, -0.05) is 157 Å². The lowest BCUT2D eigenvalue weighted by molar-refractivity contribution is -0.870. The predicted octanol–water partition coefficient (Wildman–Crippen LogP) is 9.83. The average Bonchev–Trinajstić information content (AvgIpc) is 3.07. The molecule has 0 aliphatic rings. The first-order valence-electron chi connectivity index (χ1n) is 19.8. The van der Waals surface area contributed by atoms with Crippen molar-refractivity contribution >= 4 is 13.7 Å². The largest absolute Gasteiger partial charge is 0.756 e. The van der Waals surface area contributed by atoms with Gasteiger partial charge in [-0.05, 0) is 44.9 Å². The quantitative estimate of drug-likeness (QED) is 0.0295. The zero-order valence-corrected chi connectivity index (χ0v) is 33.9. The monoisotopic (exact) mass is 735 g/mol. The van der Waals surface area contributed by atoms with Gasteiger partial charge in [0.25, 0.3) is 7.82 Å². The van der Waals surface area contributed by atoms with Crippen LogP contribution in [0, 0.1) is 0 Å². The summed E-state index contributed by atoms with van der Waals surface area (Å²) < 4.78 is 23.0. The van der Waals surface area contributed by atoms with Gasteiger partial charge >= 0.3 is 0 Å². The number of rotatable bonds is 34. The number of aliphatic hydroxyl groups is 1. The molecule has 0 fully saturated rings. The van der Waals surface area contributed by atoms with Crippen molar-refractivity contribution in [3.63, 3.8) is 0 Å². The molecule has 0 radical (unpaired) electrons. The second-order valence-corrected chi connectivity index (χ2v) is 15.7. The molecule has 0 spiro atoms. The van der Waals surface area contributed by atoms with Crippen molar-refractivity contribution in [2.75, 3.05) is 40.9 Å². The normalized spacial score (nSPS) is 15.4. The molecule has 1 amide bonds. The second kappa shape index (κ2) is 33.8. The van der Waals surface area contributed by atoms with Gasteiger partial charge in [0.1, 0.15) is 13.2 Å². The molecule has 0 bridgehead atoms. The van der Waals surface area contributed by atoms with E-state index in [-0.39, 0.29) is 18.9 Å². The van der Waals surface area contributed by atoms with Crippen LogP contribution in [0.3, 0.4) is 0 Å². The summed E-state index contributed by atoms with van der Waals surface area (Å²) in [5, 5.41) is 13.6. The summed E-state index contributed by atoms with van der Waals surface area (Å²) in [5.41, 5.74) is 0. The van der Waals surface area contributed by atoms with Crippen LogP contribution in [0.5, 0.6) is 0 Å². The molecule has 9 heteroatoms. The minimum atomic E-state index is -4.61. The van der Waals surface area contributed by atoms with E-state index in [1.807, 2.05) is 33.3 Å². The molecule has 0 saturated carbocycles. The van der Waals surface area contributed by atoms with Crippen LogP contribution in [-0.2, 0) is 18.4 Å². The number of amides is 1. The van der Waals surface area contributed by atoms with Gasteiger partial charge in [0.2, 0.25) is 5.91 Å². The first-order chi connectivity index (χ1) is 24.5. The van der Waals surface area contributed by atoms with Crippen LogP contribution in [0.15, 0.2) is 72.9 Å². The highest BCUT2D eigenvalue weighted by Crippen LogP contribution is 2.38. The van der Waals surface area contributed by atoms with E-state index < -0.39 is 26.6 Å². The lowest BCUT2D eigenvalue weighted by Crippen LogP contribution is -2.45. The molecule has 0 aliphatic carbocycles. The van der Waals surface area contributed by atoms with Gasteiger partial charge in [0.15, 0.2) is 0 Å². The van der Waals surface area contributed by atoms with Crippen LogP contribution in [0.2, 0.25) is 0 Å². The molecule has 0 aliphatic heterocycles. The van der Waals surface area contributed by atoms with Crippen molar-refractivity contribution < 1.29 is 32.9 Å². The number of hydrogen-bond acceptors (Lipinski definition) is 6. The number of nitrogens with zero attached hydrogens (tertiary/aromatic N) is 1. The van der Waals surface area contributed by atoms with Crippen LogP contribution in [0.25, 0.3) is 0 Å². The number of likely N-dealkylation sites (N-methyl/N-ethyl adjacent to an activating group) is 1. The van der Waals surface area contributed by atoms with Crippen molar-refractivity contribution in [2.45, 2.75) is 148 Å². The van der Waals surface area contributed by atoms with E-state index in [4.69, 9.17) is 9.05 Å². The third-order valence-electron chi connectivity index (χ3n) is 8.20. The molecule has 0 saturated heterocycles. The average molecular weight is 735 g/mol. The summed E-state index contributed by atoms with van der Waals surface area (Å²) in [7, 11) is 1.19. The Hall–Kier alpha value is -2.06. The highest BCUT2D eigenvalue weighted by molar-refractivity contribution is 7.45. The van der Waals surface area contributed by atoms with Gasteiger partial charge in [0.05, 0.1) is 39.9 Å². The minimum Gasteiger partial charge on any atom is -0.756 e. The van der Waals surface area contributed by atoms with Crippen LogP contribution in [-0.4, -0.2) is 68.5 Å². The van der Waals surface area contributed by atoms with E-state index in [0.29, 0.717) is 17.4 Å². The SMILES string of the molecule is CC/C=C\C/C=C\C/C=C\C/C=C\C/C=C\CC(=O)NC(COP(=O)([O-])OCC[N+](C)(C)C)C(O)/C=C/CCCCCCCCCCCCCC. The van der Waals surface area contributed by atoms with E-state index in [1.165, 1.54) is 64.2 Å². The van der Waals surface area contributed by atoms with Crippen LogP contribution < -0.4 is 10.2 Å². The van der Waals surface area contributed by atoms with E-state index in [2.05, 4.69) is 67.8 Å². The molecule has 0 aromatic heterocycles. The number of allylic oxidation sites excluding steroid dienone is 10. The summed E-state index contributed by atoms with van der Waals surface area (Å²) >= 11 is 0. The highest BCUT2D eigenvalue weighted by atomic mass is 31.2. The third kappa shape index (κ3) is 36.1. The van der Waals surface area contributed by atoms with Crippen molar-refractivity contribution in [3.8, 4) is 0 Å². The van der Waals surface area contributed by atoms with E-state index in [9.17, 15) is 19.4 Å². The molecule has 2 N–H and O–H groups in total. The number of quaternary nitrogens is 1. The summed E-state index contributed by atoms with van der Waals surface area (Å²) in [6.45, 7) is 4.42. The maximum atomic E-state index is 12.7. The standard InChI is InChI=1S/C42H75N2O6P/c1-6-8-10-12-14-16-18-20-22-24-26-28-30-32-34-36-42(46)43-40(39-50-51(47,48)49-38-37-44(3,4)5)41(45)35-33-31-29-27-25-23-21-19-17-15-13-11-9-7-2/h8,10,14,16,20,22,26,28,32-35,40-41,45H,6-7,9,11-13,15,17-19,21,23-25,27,29-31,36-39H2,1-5H3,(H-,43,46,47,48)/b10-8-,16-14-,22-20-,28-26-,34-32-,35-33+. The number of unbranched alkanes of at least 4 members (excludes halogenated alkanes) is 12. The highest BCUT2D eigenvalue weighted by Gasteiger charge is 2.22. The maximum absolute atomic E-state index is 12.7. The topological polar surface area (TPSA) is 108 Å². The lowest BCUT2D eigenvalue weighted by Gasteiger charge is -2.29. The van der Waals surface area contributed by atoms with Crippen LogP contribution in [0.4, 0.5) is 0 Å². The van der Waals surface area contributed by atoms with Crippen LogP contribution >= 0.6 is 7.82 Å². The van der Waals surface area contributed by atoms with Crippen molar-refractivity contribution in [3.05, 3.63) is 72.9 Å². The first-order valence-corrected chi connectivity index (χ1v) is 21.3. The number of hydrogen-bond donors (Lipinski definition) is 2. The van der Waals surface area contributed by atoms with Gasteiger partial charge in [-0.2, -0.15) is 0 Å². The Morgan fingerprint density at radius 2 is 1.18 bits per heavy atom. The van der Waals surface area contributed by atoms with Crippen molar-refractivity contribution in [2.24, 2.45) is 0 Å². The Labute approximate surface area is 313 Å². The molecular formula is C42H75N2O6P. The number of phosphoric acid groups is 1. The summed E-state index contributed by atoms with van der Waals surface area (Å²) in [4.78, 5) is 25.1. The molecule has 3 atom stereocenters. The van der Waals surface area contributed by atoms with Gasteiger partial charge < -0.3 is 28.8 Å². The van der Waals surface area contributed by atoms with Gasteiger partial charge in [-0.15, -0.1) is 0 Å². The molecule has 294 valence electrons. The maximum Gasteiger partial charge on any atom is 0.268 e. The molecule has 0 aromatic rings. The smallest absolute Gasteiger partial charge is 0.268 e. The van der Waals surface area contributed by atoms with Crippen molar-refractivity contribution in [1.82, 2.24) is 5.32 Å². The Morgan fingerprint density at radius 1 is 0.706 bits per heavy atom. The fraction of sp³-hybridized carbons (Fsp3) is 0.690. The fourth-order valence-corrected chi connectivity index (χ4v) is 5.76. The summed E-state index contributed by atoms with van der Waals surface area (Å²) in [5.74, 6) is -0.329. The predicted molar refractivity (Wildman–Crippen MR) is 214 cm³/mol.